The van der Waals surface area contributed by atoms with Gasteiger partial charge >= 0.3 is 0 Å². The minimum atomic E-state index is -2.61. The smallest absolute Gasteiger partial charge is 0.258 e. The second kappa shape index (κ2) is 8.49. The fourth-order valence-electron chi connectivity index (χ4n) is 2.82. The lowest BCUT2D eigenvalue weighted by molar-refractivity contribution is -0.121. The second-order valence-corrected chi connectivity index (χ2v) is 6.21. The number of allylic oxidation sites excluding steroid dienone is 1. The van der Waals surface area contributed by atoms with Crippen LogP contribution in [-0.4, -0.2) is 22.7 Å². The quantitative estimate of drug-likeness (QED) is 0.733. The largest absolute Gasteiger partial charge is 0.269 e. The molecule has 27 heavy (non-hydrogen) atoms. The molecule has 1 aliphatic rings. The molecule has 1 aromatic rings. The Morgan fingerprint density at radius 2 is 1.85 bits per heavy atom. The van der Waals surface area contributed by atoms with Crippen LogP contribution >= 0.6 is 0 Å². The lowest BCUT2D eigenvalue weighted by Crippen LogP contribution is -2.35. The van der Waals surface area contributed by atoms with Crippen molar-refractivity contribution in [2.45, 2.75) is 31.6 Å². The van der Waals surface area contributed by atoms with Crippen molar-refractivity contribution in [1.82, 2.24) is 4.98 Å². The van der Waals surface area contributed by atoms with E-state index < -0.39 is 17.7 Å². The number of amides is 2. The van der Waals surface area contributed by atoms with Crippen LogP contribution in [0, 0.1) is 17.2 Å². The summed E-state index contributed by atoms with van der Waals surface area (Å²) in [4.78, 5) is 28.8. The summed E-state index contributed by atoms with van der Waals surface area (Å²) in [5, 5.41) is 9.26. The van der Waals surface area contributed by atoms with Gasteiger partial charge in [-0.2, -0.15) is 5.26 Å². The maximum absolute atomic E-state index is 13.3. The molecule has 7 heteroatoms. The summed E-state index contributed by atoms with van der Waals surface area (Å²) in [6, 6.07) is 3.41. The Labute approximate surface area is 156 Å². The minimum Gasteiger partial charge on any atom is -0.269 e. The van der Waals surface area contributed by atoms with Crippen LogP contribution in [0.25, 0.3) is 6.08 Å². The molecule has 2 rings (SSSR count). The van der Waals surface area contributed by atoms with Crippen molar-refractivity contribution in [2.75, 3.05) is 4.90 Å². The van der Waals surface area contributed by atoms with Crippen molar-refractivity contribution in [3.05, 3.63) is 54.8 Å². The van der Waals surface area contributed by atoms with Crippen molar-refractivity contribution in [3.8, 4) is 6.07 Å². The number of halogens is 2. The first-order valence-electron chi connectivity index (χ1n) is 8.40. The van der Waals surface area contributed by atoms with E-state index in [2.05, 4.69) is 18.1 Å². The number of aromatic nitrogens is 1. The van der Waals surface area contributed by atoms with Gasteiger partial charge in [0, 0.05) is 19.0 Å². The number of nitriles is 1. The van der Waals surface area contributed by atoms with Crippen LogP contribution in [0.1, 0.15) is 36.8 Å². The number of pyridine rings is 1. The van der Waals surface area contributed by atoms with Crippen molar-refractivity contribution in [3.63, 3.8) is 0 Å². The average molecular weight is 371 g/mol. The van der Waals surface area contributed by atoms with Crippen molar-refractivity contribution in [2.24, 2.45) is 5.92 Å². The highest BCUT2D eigenvalue weighted by atomic mass is 19.3. The van der Waals surface area contributed by atoms with Crippen LogP contribution in [0.5, 0.6) is 0 Å². The molecule has 0 bridgehead atoms. The fourth-order valence-corrected chi connectivity index (χ4v) is 2.82. The van der Waals surface area contributed by atoms with E-state index in [1.807, 2.05) is 6.07 Å². The Morgan fingerprint density at radius 1 is 1.26 bits per heavy atom. The molecular formula is C20H19F2N3O2. The summed E-state index contributed by atoms with van der Waals surface area (Å²) in [5.74, 6) is -3.96. The Morgan fingerprint density at radius 3 is 2.37 bits per heavy atom. The molecule has 0 aliphatic heterocycles. The Hall–Kier alpha value is -3.14. The SMILES string of the molecule is C=CC(=O)N(C(=O)C=C)c1cc(C=CC2CCC(F)(F)CC2)c(C#N)cn1. The molecule has 1 fully saturated rings. The van der Waals surface area contributed by atoms with E-state index >= 15 is 0 Å². The fraction of sp³-hybridized carbons (Fsp3) is 0.300. The molecule has 1 heterocycles. The van der Waals surface area contributed by atoms with Gasteiger partial charge in [-0.3, -0.25) is 9.59 Å². The molecule has 1 saturated carbocycles. The summed E-state index contributed by atoms with van der Waals surface area (Å²) >= 11 is 0. The number of imide groups is 1. The number of rotatable bonds is 5. The molecule has 0 atom stereocenters. The number of hydrogen-bond donors (Lipinski definition) is 0. The number of carbonyl (C=O) groups is 2. The predicted molar refractivity (Wildman–Crippen MR) is 97.8 cm³/mol. The molecular weight excluding hydrogens is 352 g/mol. The number of alkyl halides is 2. The number of carbonyl (C=O) groups excluding carboxylic acids is 2. The van der Waals surface area contributed by atoms with Gasteiger partial charge in [0.15, 0.2) is 0 Å². The van der Waals surface area contributed by atoms with E-state index in [9.17, 15) is 23.6 Å². The molecule has 0 spiro atoms. The monoisotopic (exact) mass is 371 g/mol. The van der Waals surface area contributed by atoms with E-state index in [1.165, 1.54) is 12.3 Å². The van der Waals surface area contributed by atoms with Crippen LogP contribution in [0.15, 0.2) is 43.6 Å². The highest BCUT2D eigenvalue weighted by molar-refractivity contribution is 6.21. The molecule has 2 amide bonds. The zero-order chi connectivity index (χ0) is 20.0. The van der Waals surface area contributed by atoms with E-state index in [0.717, 1.165) is 17.1 Å². The Bertz CT molecular complexity index is 810. The molecule has 0 saturated heterocycles. The number of hydrogen-bond acceptors (Lipinski definition) is 4. The Kier molecular flexibility index (Phi) is 6.35. The zero-order valence-electron chi connectivity index (χ0n) is 14.7. The normalized spacial score (nSPS) is 16.5. The molecule has 140 valence electrons. The predicted octanol–water partition coefficient (Wildman–Crippen LogP) is 4.02. The van der Waals surface area contributed by atoms with Crippen molar-refractivity contribution >= 4 is 23.7 Å². The summed E-state index contributed by atoms with van der Waals surface area (Å²) in [6.45, 7) is 6.71. The maximum Gasteiger partial charge on any atom is 0.258 e. The van der Waals surface area contributed by atoms with Gasteiger partial charge in [-0.05, 0) is 42.5 Å². The molecule has 0 unspecified atom stereocenters. The highest BCUT2D eigenvalue weighted by Crippen LogP contribution is 2.37. The third-order valence-electron chi connectivity index (χ3n) is 4.37. The molecule has 0 aromatic carbocycles. The van der Waals surface area contributed by atoms with Gasteiger partial charge in [-0.25, -0.2) is 18.7 Å². The molecule has 1 aromatic heterocycles. The van der Waals surface area contributed by atoms with E-state index in [0.29, 0.717) is 18.4 Å². The number of anilines is 1. The number of nitrogens with zero attached hydrogens (tertiary/aromatic N) is 3. The summed E-state index contributed by atoms with van der Waals surface area (Å²) in [5.41, 5.74) is 0.687. The first-order valence-corrected chi connectivity index (χ1v) is 8.40. The maximum atomic E-state index is 13.3. The molecule has 0 radical (unpaired) electrons. The van der Waals surface area contributed by atoms with Crippen LogP contribution in [0.2, 0.25) is 0 Å². The summed E-state index contributed by atoms with van der Waals surface area (Å²) < 4.78 is 26.5. The van der Waals surface area contributed by atoms with Crippen molar-refractivity contribution in [1.29, 1.82) is 5.26 Å². The molecule has 5 nitrogen and oxygen atoms in total. The van der Waals surface area contributed by atoms with Gasteiger partial charge in [-0.1, -0.05) is 25.3 Å². The van der Waals surface area contributed by atoms with Crippen LogP contribution in [0.3, 0.4) is 0 Å². The Balaban J connectivity index is 2.32. The highest BCUT2D eigenvalue weighted by Gasteiger charge is 2.33. The first-order chi connectivity index (χ1) is 12.8. The summed E-state index contributed by atoms with van der Waals surface area (Å²) in [6.07, 6.45) is 7.02. The van der Waals surface area contributed by atoms with Gasteiger partial charge < -0.3 is 0 Å². The average Bonchev–Trinajstić information content (AvgIpc) is 2.67. The first kappa shape index (κ1) is 20.2. The van der Waals surface area contributed by atoms with Gasteiger partial charge in [0.25, 0.3) is 11.8 Å². The van der Waals surface area contributed by atoms with Gasteiger partial charge in [-0.15, -0.1) is 0 Å². The van der Waals surface area contributed by atoms with E-state index in [-0.39, 0.29) is 30.1 Å². The molecule has 0 N–H and O–H groups in total. The van der Waals surface area contributed by atoms with Gasteiger partial charge in [0.1, 0.15) is 11.9 Å². The zero-order valence-corrected chi connectivity index (χ0v) is 14.7. The van der Waals surface area contributed by atoms with Crippen LogP contribution < -0.4 is 4.90 Å². The minimum absolute atomic E-state index is 0.0199. The third-order valence-corrected chi connectivity index (χ3v) is 4.37. The summed E-state index contributed by atoms with van der Waals surface area (Å²) in [7, 11) is 0. The lowest BCUT2D eigenvalue weighted by Gasteiger charge is -2.26. The topological polar surface area (TPSA) is 74.1 Å². The standard InChI is InChI=1S/C20H19F2N3O2/c1-3-18(26)25(19(27)4-2)17-11-15(16(12-23)13-24-17)6-5-14-7-9-20(21,22)10-8-14/h3-6,11,13-14H,1-2,7-10H2. The van der Waals surface area contributed by atoms with E-state index in [1.54, 1.807) is 12.2 Å². The van der Waals surface area contributed by atoms with Crippen LogP contribution in [-0.2, 0) is 9.59 Å². The second-order valence-electron chi connectivity index (χ2n) is 6.21. The van der Waals surface area contributed by atoms with Gasteiger partial charge in [0.05, 0.1) is 5.56 Å². The van der Waals surface area contributed by atoms with Crippen molar-refractivity contribution < 1.29 is 18.4 Å². The van der Waals surface area contributed by atoms with Crippen LogP contribution in [0.4, 0.5) is 14.6 Å². The molecule has 1 aliphatic carbocycles. The van der Waals surface area contributed by atoms with E-state index in [4.69, 9.17) is 0 Å². The van der Waals surface area contributed by atoms with Gasteiger partial charge in [0.2, 0.25) is 5.92 Å². The third kappa shape index (κ3) is 4.94. The lowest BCUT2D eigenvalue weighted by atomic mass is 9.86.